The van der Waals surface area contributed by atoms with Crippen molar-refractivity contribution in [1.29, 1.82) is 0 Å². The molecule has 0 spiro atoms. The highest BCUT2D eigenvalue weighted by Gasteiger charge is 2.29. The Morgan fingerprint density at radius 2 is 2.00 bits per heavy atom. The molecule has 0 saturated heterocycles. The summed E-state index contributed by atoms with van der Waals surface area (Å²) in [5.74, 6) is 5.34. The predicted molar refractivity (Wildman–Crippen MR) is 53.1 cm³/mol. The predicted octanol–water partition coefficient (Wildman–Crippen LogP) is 0.762. The molecule has 0 aromatic heterocycles. The molecule has 1 aliphatic carbocycles. The number of amides is 1. The Labute approximate surface area is 84.2 Å². The SMILES string of the molecule is CC(=O)[C@H]1CCCC[C@H]1CC(=O)NN. The first-order valence-corrected chi connectivity index (χ1v) is 5.15. The summed E-state index contributed by atoms with van der Waals surface area (Å²) in [6.07, 6.45) is 4.51. The molecule has 14 heavy (non-hydrogen) atoms. The van der Waals surface area contributed by atoms with Gasteiger partial charge >= 0.3 is 0 Å². The number of nitrogens with one attached hydrogen (secondary N) is 1. The summed E-state index contributed by atoms with van der Waals surface area (Å²) in [7, 11) is 0. The van der Waals surface area contributed by atoms with Gasteiger partial charge in [-0.25, -0.2) is 5.84 Å². The van der Waals surface area contributed by atoms with Crippen LogP contribution in [0.1, 0.15) is 39.0 Å². The molecule has 1 rings (SSSR count). The number of nitrogens with two attached hydrogens (primary N) is 1. The molecule has 80 valence electrons. The summed E-state index contributed by atoms with van der Waals surface area (Å²) in [5.41, 5.74) is 2.12. The third-order valence-electron chi connectivity index (χ3n) is 3.04. The van der Waals surface area contributed by atoms with Crippen LogP contribution < -0.4 is 11.3 Å². The molecule has 0 aromatic rings. The number of Topliss-reactive ketones (excluding diaryl/α,β-unsaturated/α-hetero) is 1. The Kier molecular flexibility index (Phi) is 4.07. The molecule has 1 fully saturated rings. The number of carbonyl (C=O) groups is 2. The Bertz CT molecular complexity index is 228. The molecule has 4 nitrogen and oxygen atoms in total. The number of hydrogen-bond donors (Lipinski definition) is 2. The normalized spacial score (nSPS) is 27.0. The van der Waals surface area contributed by atoms with Crippen LogP contribution in [0.3, 0.4) is 0 Å². The number of rotatable bonds is 3. The topological polar surface area (TPSA) is 72.2 Å². The van der Waals surface area contributed by atoms with E-state index in [9.17, 15) is 9.59 Å². The number of ketones is 1. The maximum absolute atomic E-state index is 11.3. The van der Waals surface area contributed by atoms with Crippen molar-refractivity contribution in [2.75, 3.05) is 0 Å². The minimum atomic E-state index is -0.164. The molecule has 3 N–H and O–H groups in total. The second-order valence-corrected chi connectivity index (χ2v) is 4.03. The Hall–Kier alpha value is -0.900. The zero-order valence-corrected chi connectivity index (χ0v) is 8.58. The van der Waals surface area contributed by atoms with Crippen molar-refractivity contribution in [3.8, 4) is 0 Å². The average Bonchev–Trinajstić information content (AvgIpc) is 2.18. The van der Waals surface area contributed by atoms with Gasteiger partial charge in [0.25, 0.3) is 0 Å². The van der Waals surface area contributed by atoms with Crippen molar-refractivity contribution in [3.05, 3.63) is 0 Å². The van der Waals surface area contributed by atoms with Crippen molar-refractivity contribution < 1.29 is 9.59 Å². The Morgan fingerprint density at radius 3 is 2.57 bits per heavy atom. The molecule has 4 heteroatoms. The molecule has 0 bridgehead atoms. The van der Waals surface area contributed by atoms with Gasteiger partial charge in [0.1, 0.15) is 5.78 Å². The van der Waals surface area contributed by atoms with E-state index in [1.807, 2.05) is 0 Å². The lowest BCUT2D eigenvalue weighted by Crippen LogP contribution is -2.35. The van der Waals surface area contributed by atoms with Crippen molar-refractivity contribution in [1.82, 2.24) is 5.43 Å². The highest BCUT2D eigenvalue weighted by Crippen LogP contribution is 2.32. The van der Waals surface area contributed by atoms with Crippen molar-refractivity contribution in [3.63, 3.8) is 0 Å². The van der Waals surface area contributed by atoms with E-state index in [0.29, 0.717) is 6.42 Å². The van der Waals surface area contributed by atoms with Crippen molar-refractivity contribution in [2.45, 2.75) is 39.0 Å². The molecule has 2 atom stereocenters. The lowest BCUT2D eigenvalue weighted by atomic mass is 9.75. The summed E-state index contributed by atoms with van der Waals surface area (Å²) < 4.78 is 0. The lowest BCUT2D eigenvalue weighted by molar-refractivity contribution is -0.126. The second kappa shape index (κ2) is 5.10. The van der Waals surface area contributed by atoms with Crippen LogP contribution in [0, 0.1) is 11.8 Å². The third kappa shape index (κ3) is 2.80. The van der Waals surface area contributed by atoms with Gasteiger partial charge in [-0.15, -0.1) is 0 Å². The summed E-state index contributed by atoms with van der Waals surface area (Å²) in [4.78, 5) is 22.4. The van der Waals surface area contributed by atoms with E-state index in [1.54, 1.807) is 6.92 Å². The largest absolute Gasteiger partial charge is 0.300 e. The summed E-state index contributed by atoms with van der Waals surface area (Å²) in [6, 6.07) is 0. The minimum Gasteiger partial charge on any atom is -0.300 e. The first kappa shape index (κ1) is 11.2. The molecular weight excluding hydrogens is 180 g/mol. The van der Waals surface area contributed by atoms with E-state index in [0.717, 1.165) is 25.7 Å². The highest BCUT2D eigenvalue weighted by molar-refractivity contribution is 5.80. The van der Waals surface area contributed by atoms with Gasteiger partial charge in [0.05, 0.1) is 0 Å². The average molecular weight is 198 g/mol. The highest BCUT2D eigenvalue weighted by atomic mass is 16.2. The fraction of sp³-hybridized carbons (Fsp3) is 0.800. The summed E-state index contributed by atoms with van der Waals surface area (Å²) >= 11 is 0. The Morgan fingerprint density at radius 1 is 1.36 bits per heavy atom. The maximum atomic E-state index is 11.3. The van der Waals surface area contributed by atoms with Crippen LogP contribution in [-0.4, -0.2) is 11.7 Å². The lowest BCUT2D eigenvalue weighted by Gasteiger charge is -2.28. The zero-order valence-electron chi connectivity index (χ0n) is 8.58. The second-order valence-electron chi connectivity index (χ2n) is 4.03. The molecule has 0 heterocycles. The van der Waals surface area contributed by atoms with E-state index >= 15 is 0 Å². The minimum absolute atomic E-state index is 0.0704. The van der Waals surface area contributed by atoms with Crippen LogP contribution in [0.25, 0.3) is 0 Å². The number of hydrazine groups is 1. The summed E-state index contributed by atoms with van der Waals surface area (Å²) in [6.45, 7) is 1.61. The maximum Gasteiger partial charge on any atom is 0.234 e. The fourth-order valence-corrected chi connectivity index (χ4v) is 2.28. The van der Waals surface area contributed by atoms with Crippen molar-refractivity contribution >= 4 is 11.7 Å². The number of hydrogen-bond acceptors (Lipinski definition) is 3. The monoisotopic (exact) mass is 198 g/mol. The van der Waals surface area contributed by atoms with Crippen LogP contribution in [-0.2, 0) is 9.59 Å². The smallest absolute Gasteiger partial charge is 0.234 e. The van der Waals surface area contributed by atoms with Gasteiger partial charge in [0, 0.05) is 12.3 Å². The van der Waals surface area contributed by atoms with E-state index < -0.39 is 0 Å². The summed E-state index contributed by atoms with van der Waals surface area (Å²) in [5, 5.41) is 0. The third-order valence-corrected chi connectivity index (χ3v) is 3.04. The van der Waals surface area contributed by atoms with Gasteiger partial charge < -0.3 is 0 Å². The van der Waals surface area contributed by atoms with Gasteiger partial charge in [-0.2, -0.15) is 0 Å². The Balaban J connectivity index is 2.54. The van der Waals surface area contributed by atoms with E-state index in [4.69, 9.17) is 5.84 Å². The van der Waals surface area contributed by atoms with Crippen LogP contribution in [0.2, 0.25) is 0 Å². The van der Waals surface area contributed by atoms with E-state index in [2.05, 4.69) is 5.43 Å². The molecule has 1 saturated carbocycles. The molecule has 1 aliphatic rings. The van der Waals surface area contributed by atoms with Gasteiger partial charge in [0.15, 0.2) is 0 Å². The molecule has 0 aliphatic heterocycles. The molecule has 0 unspecified atom stereocenters. The quantitative estimate of drug-likeness (QED) is 0.399. The van der Waals surface area contributed by atoms with Gasteiger partial charge in [-0.1, -0.05) is 12.8 Å². The molecule has 1 amide bonds. The number of carbonyl (C=O) groups excluding carboxylic acids is 2. The fourth-order valence-electron chi connectivity index (χ4n) is 2.28. The van der Waals surface area contributed by atoms with Crippen LogP contribution in [0.5, 0.6) is 0 Å². The van der Waals surface area contributed by atoms with E-state index in [1.165, 1.54) is 0 Å². The van der Waals surface area contributed by atoms with E-state index in [-0.39, 0.29) is 23.5 Å². The van der Waals surface area contributed by atoms with Crippen LogP contribution in [0.15, 0.2) is 0 Å². The first-order valence-electron chi connectivity index (χ1n) is 5.15. The zero-order chi connectivity index (χ0) is 10.6. The van der Waals surface area contributed by atoms with Gasteiger partial charge in [0.2, 0.25) is 5.91 Å². The van der Waals surface area contributed by atoms with Gasteiger partial charge in [-0.3, -0.25) is 15.0 Å². The standard InChI is InChI=1S/C10H18N2O2/c1-7(13)9-5-3-2-4-8(9)6-10(14)12-11/h8-9H,2-6,11H2,1H3,(H,12,14)/t8-,9+/m0/s1. The molecule has 0 radical (unpaired) electrons. The molecule has 0 aromatic carbocycles. The first-order chi connectivity index (χ1) is 6.65. The van der Waals surface area contributed by atoms with Crippen LogP contribution in [0.4, 0.5) is 0 Å². The van der Waals surface area contributed by atoms with Crippen LogP contribution >= 0.6 is 0 Å². The molecular formula is C10H18N2O2. The van der Waals surface area contributed by atoms with Crippen molar-refractivity contribution in [2.24, 2.45) is 17.7 Å². The van der Waals surface area contributed by atoms with Gasteiger partial charge in [-0.05, 0) is 25.7 Å².